The molecular formula is C27H32N4O4S. The van der Waals surface area contributed by atoms with Crippen LogP contribution in [-0.4, -0.2) is 78.2 Å². The van der Waals surface area contributed by atoms with E-state index in [4.69, 9.17) is 14.5 Å². The van der Waals surface area contributed by atoms with E-state index in [0.717, 1.165) is 24.3 Å². The molecule has 2 aromatic carbocycles. The van der Waals surface area contributed by atoms with Crippen molar-refractivity contribution in [3.8, 4) is 0 Å². The Bertz CT molecular complexity index is 1250. The molecule has 0 spiro atoms. The van der Waals surface area contributed by atoms with Gasteiger partial charge in [0.15, 0.2) is 5.16 Å². The predicted molar refractivity (Wildman–Crippen MR) is 142 cm³/mol. The molecule has 0 unspecified atom stereocenters. The number of amides is 1. The lowest BCUT2D eigenvalue weighted by atomic mass is 10.2. The van der Waals surface area contributed by atoms with Gasteiger partial charge in [0.2, 0.25) is 5.91 Å². The molecule has 2 fully saturated rings. The van der Waals surface area contributed by atoms with Crippen LogP contribution < -0.4 is 10.5 Å². The highest BCUT2D eigenvalue weighted by atomic mass is 32.2. The topological polar surface area (TPSA) is 76.9 Å². The van der Waals surface area contributed by atoms with Crippen molar-refractivity contribution in [2.75, 3.05) is 57.5 Å². The van der Waals surface area contributed by atoms with Gasteiger partial charge in [-0.2, -0.15) is 0 Å². The third-order valence-electron chi connectivity index (χ3n) is 6.68. The lowest BCUT2D eigenvalue weighted by Crippen LogP contribution is -2.44. The van der Waals surface area contributed by atoms with Gasteiger partial charge in [0.05, 0.1) is 49.1 Å². The highest BCUT2D eigenvalue weighted by Crippen LogP contribution is 2.28. The van der Waals surface area contributed by atoms with Crippen molar-refractivity contribution in [2.45, 2.75) is 30.3 Å². The van der Waals surface area contributed by atoms with E-state index in [1.54, 1.807) is 4.57 Å². The maximum absolute atomic E-state index is 13.9. The van der Waals surface area contributed by atoms with Crippen LogP contribution in [-0.2, 0) is 20.8 Å². The maximum atomic E-state index is 13.9. The first-order valence-electron chi connectivity index (χ1n) is 12.6. The summed E-state index contributed by atoms with van der Waals surface area (Å²) in [5.41, 5.74) is 2.58. The first-order chi connectivity index (χ1) is 17.6. The summed E-state index contributed by atoms with van der Waals surface area (Å²) in [6.45, 7) is 7.68. The minimum absolute atomic E-state index is 0.0778. The van der Waals surface area contributed by atoms with Crippen LogP contribution >= 0.6 is 11.8 Å². The molecule has 2 aliphatic rings. The fourth-order valence-corrected chi connectivity index (χ4v) is 5.72. The zero-order valence-corrected chi connectivity index (χ0v) is 21.4. The Morgan fingerprint density at radius 1 is 1.00 bits per heavy atom. The minimum atomic E-state index is -0.318. The second-order valence-electron chi connectivity index (χ2n) is 9.02. The number of rotatable bonds is 7. The molecule has 8 nitrogen and oxygen atoms in total. The Balaban J connectivity index is 1.53. The second-order valence-corrected chi connectivity index (χ2v) is 10.2. The van der Waals surface area contributed by atoms with Crippen LogP contribution in [0, 0.1) is 0 Å². The molecule has 36 heavy (non-hydrogen) atoms. The lowest BCUT2D eigenvalue weighted by Gasteiger charge is -2.30. The molecule has 3 heterocycles. The van der Waals surface area contributed by atoms with E-state index in [2.05, 4.69) is 4.90 Å². The van der Waals surface area contributed by atoms with E-state index >= 15 is 0 Å². The lowest BCUT2D eigenvalue weighted by molar-refractivity contribution is -0.134. The summed E-state index contributed by atoms with van der Waals surface area (Å²) in [5, 5.41) is 0.845. The number of nitrogens with zero attached hydrogens (tertiary/aromatic N) is 4. The van der Waals surface area contributed by atoms with Gasteiger partial charge in [-0.1, -0.05) is 49.0 Å². The summed E-state index contributed by atoms with van der Waals surface area (Å²) in [7, 11) is 0. The summed E-state index contributed by atoms with van der Waals surface area (Å²) < 4.78 is 12.6. The molecule has 1 aromatic heterocycles. The Kier molecular flexibility index (Phi) is 7.89. The van der Waals surface area contributed by atoms with Crippen molar-refractivity contribution < 1.29 is 14.3 Å². The van der Waals surface area contributed by atoms with Crippen LogP contribution in [0.2, 0.25) is 0 Å². The molecule has 2 saturated heterocycles. The van der Waals surface area contributed by atoms with E-state index in [1.165, 1.54) is 11.8 Å². The van der Waals surface area contributed by atoms with Crippen LogP contribution in [0.1, 0.15) is 18.9 Å². The molecule has 0 radical (unpaired) electrons. The van der Waals surface area contributed by atoms with Crippen LogP contribution in [0.25, 0.3) is 10.9 Å². The predicted octanol–water partition coefficient (Wildman–Crippen LogP) is 3.01. The van der Waals surface area contributed by atoms with Crippen LogP contribution in [0.15, 0.2) is 58.5 Å². The number of carbonyl (C=O) groups is 1. The Labute approximate surface area is 215 Å². The molecule has 0 saturated carbocycles. The zero-order valence-electron chi connectivity index (χ0n) is 20.6. The molecule has 190 valence electrons. The van der Waals surface area contributed by atoms with Crippen molar-refractivity contribution in [3.05, 3.63) is 64.4 Å². The average Bonchev–Trinajstić information content (AvgIpc) is 2.94. The molecule has 5 rings (SSSR count). The Hall–Kier alpha value is -2.88. The molecule has 0 aliphatic carbocycles. The number of carbonyl (C=O) groups excluding carboxylic acids is 1. The molecule has 9 heteroatoms. The molecule has 3 aromatic rings. The number of morpholine rings is 2. The highest BCUT2D eigenvalue weighted by molar-refractivity contribution is 8.00. The van der Waals surface area contributed by atoms with Gasteiger partial charge in [0, 0.05) is 31.9 Å². The third-order valence-corrected chi connectivity index (χ3v) is 8.02. The van der Waals surface area contributed by atoms with Crippen molar-refractivity contribution in [3.63, 3.8) is 0 Å². The molecule has 0 N–H and O–H groups in total. The fraction of sp³-hybridized carbons (Fsp3) is 0.444. The number of fused-ring (bicyclic) bond motifs is 1. The van der Waals surface area contributed by atoms with Crippen molar-refractivity contribution in [2.24, 2.45) is 0 Å². The minimum Gasteiger partial charge on any atom is -0.378 e. The summed E-state index contributed by atoms with van der Waals surface area (Å²) >= 11 is 1.39. The standard InChI is InChI=1S/C27H32N4O4S/c1-2-24(26(33)30-12-16-35-17-13-30)36-27-28-23-9-8-21(29-10-14-34-15-11-29)18-22(23)25(32)31(27)19-20-6-4-3-5-7-20/h3-9,18,24H,2,10-17,19H2,1H3/t24-/m0/s1. The quantitative estimate of drug-likeness (QED) is 0.359. The summed E-state index contributed by atoms with van der Waals surface area (Å²) in [6, 6.07) is 15.8. The normalized spacial score (nSPS) is 17.4. The van der Waals surface area contributed by atoms with Crippen molar-refractivity contribution >= 4 is 34.3 Å². The Morgan fingerprint density at radius 3 is 2.39 bits per heavy atom. The molecule has 1 atom stereocenters. The zero-order chi connectivity index (χ0) is 24.9. The first-order valence-corrected chi connectivity index (χ1v) is 13.5. The number of hydrogen-bond acceptors (Lipinski definition) is 7. The number of anilines is 1. The van der Waals surface area contributed by atoms with Gasteiger partial charge in [-0.05, 0) is 30.2 Å². The van der Waals surface area contributed by atoms with Gasteiger partial charge in [0.1, 0.15) is 0 Å². The monoisotopic (exact) mass is 508 g/mol. The van der Waals surface area contributed by atoms with E-state index in [0.29, 0.717) is 68.5 Å². The van der Waals surface area contributed by atoms with E-state index in [-0.39, 0.29) is 16.7 Å². The van der Waals surface area contributed by atoms with E-state index < -0.39 is 0 Å². The van der Waals surface area contributed by atoms with Gasteiger partial charge in [-0.3, -0.25) is 14.2 Å². The number of hydrogen-bond donors (Lipinski definition) is 0. The largest absolute Gasteiger partial charge is 0.378 e. The molecule has 1 amide bonds. The smallest absolute Gasteiger partial charge is 0.262 e. The van der Waals surface area contributed by atoms with Crippen molar-refractivity contribution in [1.82, 2.24) is 14.5 Å². The Morgan fingerprint density at radius 2 is 1.69 bits per heavy atom. The number of thioether (sulfide) groups is 1. The summed E-state index contributed by atoms with van der Waals surface area (Å²) in [5.74, 6) is 0.0778. The van der Waals surface area contributed by atoms with Crippen LogP contribution in [0.3, 0.4) is 0 Å². The first kappa shape index (κ1) is 24.8. The number of aromatic nitrogens is 2. The molecular weight excluding hydrogens is 476 g/mol. The van der Waals surface area contributed by atoms with E-state index in [1.807, 2.05) is 60.4 Å². The van der Waals surface area contributed by atoms with Crippen molar-refractivity contribution in [1.29, 1.82) is 0 Å². The van der Waals surface area contributed by atoms with Gasteiger partial charge in [-0.15, -0.1) is 0 Å². The molecule has 0 bridgehead atoms. The second kappa shape index (κ2) is 11.5. The SMILES string of the molecule is CC[C@H](Sc1nc2ccc(N3CCOCC3)cc2c(=O)n1Cc1ccccc1)C(=O)N1CCOCC1. The highest BCUT2D eigenvalue weighted by Gasteiger charge is 2.27. The third kappa shape index (κ3) is 5.43. The van der Waals surface area contributed by atoms with Gasteiger partial charge in [-0.25, -0.2) is 4.98 Å². The summed E-state index contributed by atoms with van der Waals surface area (Å²) in [4.78, 5) is 36.2. The maximum Gasteiger partial charge on any atom is 0.262 e. The number of benzene rings is 2. The number of ether oxygens (including phenoxy) is 2. The van der Waals surface area contributed by atoms with Gasteiger partial charge >= 0.3 is 0 Å². The summed E-state index contributed by atoms with van der Waals surface area (Å²) in [6.07, 6.45) is 0.649. The van der Waals surface area contributed by atoms with Gasteiger partial charge in [0.25, 0.3) is 5.56 Å². The van der Waals surface area contributed by atoms with Crippen LogP contribution in [0.4, 0.5) is 5.69 Å². The molecule has 2 aliphatic heterocycles. The van der Waals surface area contributed by atoms with Gasteiger partial charge < -0.3 is 19.3 Å². The average molecular weight is 509 g/mol. The van der Waals surface area contributed by atoms with Crippen LogP contribution in [0.5, 0.6) is 0 Å². The fourth-order valence-electron chi connectivity index (χ4n) is 4.63. The van der Waals surface area contributed by atoms with E-state index in [9.17, 15) is 9.59 Å².